The smallest absolute Gasteiger partial charge is 0.308 e. The van der Waals surface area contributed by atoms with Gasteiger partial charge in [0, 0.05) is 48.5 Å². The Morgan fingerprint density at radius 3 is 1.24 bits per heavy atom. The molecule has 3 aliphatic carbocycles. The van der Waals surface area contributed by atoms with Crippen molar-refractivity contribution in [3.05, 3.63) is 314 Å². The molecule has 0 fully saturated rings. The van der Waals surface area contributed by atoms with Crippen LogP contribution < -0.4 is 23.4 Å². The lowest BCUT2D eigenvalue weighted by Crippen LogP contribution is -2.78. The molecule has 11 aromatic rings. The van der Waals surface area contributed by atoms with Crippen LogP contribution in [0.2, 0.25) is 0 Å². The third-order valence-corrected chi connectivity index (χ3v) is 18.6. The third-order valence-electron chi connectivity index (χ3n) is 18.6. The molecule has 0 saturated heterocycles. The van der Waals surface area contributed by atoms with Crippen LogP contribution >= 0.6 is 0 Å². The van der Waals surface area contributed by atoms with E-state index in [1.54, 1.807) is 5.56 Å². The first-order valence-electron chi connectivity index (χ1n) is 37.1. The Morgan fingerprint density at radius 2 is 0.684 bits per heavy atom. The summed E-state index contributed by atoms with van der Waals surface area (Å²) in [5, 5.41) is 0. The second-order valence-electron chi connectivity index (χ2n) is 21.6. The number of rotatable bonds is 0. The van der Waals surface area contributed by atoms with E-state index in [1.165, 1.54) is 123 Å². The van der Waals surface area contributed by atoms with Gasteiger partial charge in [-0.2, -0.15) is 0 Å². The Labute approximate surface area is 572 Å². The topological polar surface area (TPSA) is 28.6 Å². The highest BCUT2D eigenvalue weighted by molar-refractivity contribution is 5.94. The molecule has 0 saturated carbocycles. The maximum absolute atomic E-state index is 2.61. The maximum Gasteiger partial charge on any atom is 0.443 e. The average Bonchev–Trinajstić information content (AvgIpc) is 1.60. The van der Waals surface area contributed by atoms with Crippen molar-refractivity contribution in [3.63, 3.8) is 0 Å². The molecule has 6 aliphatic heterocycles. The summed E-state index contributed by atoms with van der Waals surface area (Å²) in [6.45, 7) is 44.0. The van der Waals surface area contributed by atoms with Gasteiger partial charge in [-0.25, -0.2) is 0 Å². The maximum atomic E-state index is 2.61. The number of hydrogen-bond acceptors (Lipinski definition) is 1. The van der Waals surface area contributed by atoms with Crippen molar-refractivity contribution in [1.29, 1.82) is 0 Å². The molecule has 20 rings (SSSR count). The first kappa shape index (κ1) is 71.9. The van der Waals surface area contributed by atoms with Crippen LogP contribution in [0.25, 0.3) is 11.4 Å². The zero-order valence-corrected chi connectivity index (χ0v) is 61.8. The number of para-hydroxylation sites is 1. The minimum Gasteiger partial charge on any atom is -0.308 e. The summed E-state index contributed by atoms with van der Waals surface area (Å²) in [5.74, 6) is 0.467. The van der Waals surface area contributed by atoms with Gasteiger partial charge in [-0.05, 0) is 120 Å². The fourth-order valence-electron chi connectivity index (χ4n) is 16.3. The van der Waals surface area contributed by atoms with E-state index in [4.69, 9.17) is 0 Å². The predicted molar refractivity (Wildman–Crippen MR) is 400 cm³/mol. The van der Waals surface area contributed by atoms with Gasteiger partial charge in [-0.15, -0.1) is 18.5 Å². The summed E-state index contributed by atoms with van der Waals surface area (Å²) in [5.41, 5.74) is 31.8. The second kappa shape index (κ2) is 31.5. The summed E-state index contributed by atoms with van der Waals surface area (Å²) < 4.78 is 14.9. The second-order valence-corrected chi connectivity index (χ2v) is 21.6. The van der Waals surface area contributed by atoms with E-state index in [9.17, 15) is 0 Å². The molecule has 7 aromatic carbocycles. The van der Waals surface area contributed by atoms with E-state index >= 15 is 0 Å². The van der Waals surface area contributed by atoms with Gasteiger partial charge in [0.15, 0.2) is 18.0 Å². The third kappa shape index (κ3) is 10.3. The fraction of sp³-hybridized carbons (Fsp3) is 0.341. The Hall–Kier alpha value is -8.94. The lowest BCUT2D eigenvalue weighted by atomic mass is 9.65. The van der Waals surface area contributed by atoms with Gasteiger partial charge in [-0.1, -0.05) is 268 Å². The molecule has 0 amide bonds. The SMILES string of the molecule is CC.CC.CC.CC.CC.CC.CC.CC.CC.CC.CC.c1ccc2c(c1)Cc1cc3c4c5c1C2c1cccc[n+]1C51c2c(cccc2-n2ccc[n+]21)N4c1ccccc1C3.c1ccc2c(c1)Cc1ccc3c4c1C2c1cccc[n+]1C41c2c(cccc2-n2ccc[n+]21)C3. The number of nitrogens with zero attached hydrogens (tertiary/aromatic N) is 7. The van der Waals surface area contributed by atoms with Crippen LogP contribution in [0, 0.1) is 0 Å². The highest BCUT2D eigenvalue weighted by atomic mass is 15.5. The van der Waals surface area contributed by atoms with E-state index < -0.39 is 5.66 Å². The lowest BCUT2D eigenvalue weighted by Gasteiger charge is -2.45. The van der Waals surface area contributed by atoms with Gasteiger partial charge >= 0.3 is 11.3 Å². The van der Waals surface area contributed by atoms with Gasteiger partial charge in [0.2, 0.25) is 23.8 Å². The summed E-state index contributed by atoms with van der Waals surface area (Å²) in [7, 11) is 0. The molecule has 7 heteroatoms. The average molecular weight is 1270 g/mol. The zero-order chi connectivity index (χ0) is 69.1. The molecule has 10 heterocycles. The first-order valence-corrected chi connectivity index (χ1v) is 37.1. The molecule has 95 heavy (non-hydrogen) atoms. The van der Waals surface area contributed by atoms with Crippen LogP contribution in [-0.2, 0) is 37.0 Å². The fourth-order valence-corrected chi connectivity index (χ4v) is 16.3. The van der Waals surface area contributed by atoms with E-state index in [0.29, 0.717) is 0 Å². The van der Waals surface area contributed by atoms with Crippen molar-refractivity contribution in [1.82, 2.24) is 9.36 Å². The van der Waals surface area contributed by atoms with Crippen LogP contribution in [0.4, 0.5) is 17.1 Å². The monoisotopic (exact) mass is 1270 g/mol. The lowest BCUT2D eigenvalue weighted by molar-refractivity contribution is -0.999. The minimum atomic E-state index is -0.493. The van der Waals surface area contributed by atoms with Gasteiger partial charge in [0.25, 0.3) is 0 Å². The molecule has 0 N–H and O–H groups in total. The molecule has 0 bridgehead atoms. The van der Waals surface area contributed by atoms with Crippen molar-refractivity contribution in [2.75, 3.05) is 4.90 Å². The summed E-state index contributed by atoms with van der Waals surface area (Å²) >= 11 is 0. The van der Waals surface area contributed by atoms with Crippen LogP contribution in [0.5, 0.6) is 0 Å². The number of aromatic nitrogens is 6. The first-order chi connectivity index (χ1) is 47.2. The highest BCUT2D eigenvalue weighted by Gasteiger charge is 2.73. The van der Waals surface area contributed by atoms with Crippen LogP contribution in [0.1, 0.15) is 265 Å². The standard InChI is InChI=1S/C36H24N4.C30H21N3.11C2H6/c1-3-11-26-22(9-1)19-24-21-25-20-23-10-2-4-12-27(23)40-30-15-7-14-29-33(30)36(39-18-8-17-38(29)39)34(35(25)40)31(24)32(26)28-13-5-6-16-37(28)36;1-2-9-23-19(7-1)17-20-12-13-22-18-21-8-5-11-25-28(21)30(33-16-6-15-32(25)33)29(22)26(20)27(23)24-10-3-4-14-31(24)30;11*1-2/h1-18,21,32H,19-20H2;1-16,27H,17-18H2;11*1-2H3/q2*+2;;;;;;;;;;;. The summed E-state index contributed by atoms with van der Waals surface area (Å²) in [6.07, 6.45) is 17.6. The van der Waals surface area contributed by atoms with Crippen LogP contribution in [0.15, 0.2) is 213 Å². The quantitative estimate of drug-likeness (QED) is 0.139. The van der Waals surface area contributed by atoms with Gasteiger partial charge in [0.05, 0.1) is 35.6 Å². The highest BCUT2D eigenvalue weighted by Crippen LogP contribution is 2.62. The molecule has 494 valence electrons. The van der Waals surface area contributed by atoms with Gasteiger partial charge in [-0.3, -0.25) is 0 Å². The molecule has 7 nitrogen and oxygen atoms in total. The Kier molecular flexibility index (Phi) is 23.9. The molecule has 2 spiro atoms. The molecule has 0 radical (unpaired) electrons. The predicted octanol–water partition coefficient (Wildman–Crippen LogP) is 21.0. The molecule has 4 unspecified atom stereocenters. The van der Waals surface area contributed by atoms with Crippen molar-refractivity contribution in [2.24, 2.45) is 0 Å². The molecule has 9 aliphatic rings. The number of pyridine rings is 2. The number of fused-ring (bicyclic) bond motifs is 15. The number of anilines is 3. The Morgan fingerprint density at radius 1 is 0.295 bits per heavy atom. The molecular weight excluding hydrogens is 1160 g/mol. The molecular formula is C88H111N7+4. The number of hydrogen-bond donors (Lipinski definition) is 0. The van der Waals surface area contributed by atoms with Gasteiger partial charge < -0.3 is 4.90 Å². The summed E-state index contributed by atoms with van der Waals surface area (Å²) in [6, 6.07) is 66.2. The van der Waals surface area contributed by atoms with Crippen LogP contribution in [-0.4, -0.2) is 9.36 Å². The van der Waals surface area contributed by atoms with E-state index in [1.807, 2.05) is 152 Å². The van der Waals surface area contributed by atoms with E-state index in [-0.39, 0.29) is 17.5 Å². The Bertz CT molecular complexity index is 4380. The molecule has 4 aromatic heterocycles. The molecule has 4 atom stereocenters. The van der Waals surface area contributed by atoms with Crippen LogP contribution in [0.3, 0.4) is 0 Å². The van der Waals surface area contributed by atoms with E-state index in [0.717, 1.165) is 25.7 Å². The normalized spacial score (nSPS) is 16.8. The Balaban J connectivity index is 0.000000191. The van der Waals surface area contributed by atoms with Crippen molar-refractivity contribution in [3.8, 4) is 11.4 Å². The van der Waals surface area contributed by atoms with E-state index in [2.05, 4.69) is 246 Å². The van der Waals surface area contributed by atoms with Crippen molar-refractivity contribution >= 4 is 17.1 Å². The van der Waals surface area contributed by atoms with Gasteiger partial charge in [0.1, 0.15) is 28.1 Å². The van der Waals surface area contributed by atoms with Crippen molar-refractivity contribution < 1.29 is 18.5 Å². The van der Waals surface area contributed by atoms with Crippen molar-refractivity contribution in [2.45, 2.75) is 201 Å². The number of benzene rings is 7. The minimum absolute atomic E-state index is 0.199. The largest absolute Gasteiger partial charge is 0.443 e. The zero-order valence-electron chi connectivity index (χ0n) is 61.8. The summed E-state index contributed by atoms with van der Waals surface area (Å²) in [4.78, 5) is 2.60.